The Balaban J connectivity index is 2.45. The van der Waals surface area contributed by atoms with Gasteiger partial charge in [-0.2, -0.15) is 0 Å². The van der Waals surface area contributed by atoms with Crippen LogP contribution in [0.1, 0.15) is 19.3 Å². The number of carbonyl (C=O) groups is 3. The third-order valence-corrected chi connectivity index (χ3v) is 2.52. The van der Waals surface area contributed by atoms with E-state index >= 15 is 0 Å². The van der Waals surface area contributed by atoms with Gasteiger partial charge in [-0.3, -0.25) is 19.9 Å². The lowest BCUT2D eigenvalue weighted by atomic mass is 10.1. The first kappa shape index (κ1) is 14.9. The molecule has 1 unspecified atom stereocenters. The average Bonchev–Trinajstić information content (AvgIpc) is 2.61. The third-order valence-electron chi connectivity index (χ3n) is 2.52. The summed E-state index contributed by atoms with van der Waals surface area (Å²) in [5, 5.41) is 11.6. The SMILES string of the molecule is NC(N)=NCCC[C@H](NC1CC(=O)OC1=O)C(=O)O. The molecule has 19 heavy (non-hydrogen) atoms. The molecule has 106 valence electrons. The van der Waals surface area contributed by atoms with E-state index in [1.807, 2.05) is 0 Å². The van der Waals surface area contributed by atoms with E-state index in [4.69, 9.17) is 16.6 Å². The van der Waals surface area contributed by atoms with Crippen LogP contribution in [0.4, 0.5) is 0 Å². The van der Waals surface area contributed by atoms with E-state index in [2.05, 4.69) is 15.0 Å². The molecule has 0 bridgehead atoms. The van der Waals surface area contributed by atoms with E-state index in [1.165, 1.54) is 0 Å². The van der Waals surface area contributed by atoms with E-state index in [0.29, 0.717) is 13.0 Å². The molecule has 0 radical (unpaired) electrons. The van der Waals surface area contributed by atoms with Gasteiger partial charge in [0, 0.05) is 6.54 Å². The smallest absolute Gasteiger partial charge is 0.331 e. The Bertz CT molecular complexity index is 405. The standard InChI is InChI=1S/C10H16N4O5/c11-10(12)13-3-1-2-5(8(16)17)14-6-4-7(15)19-9(6)18/h5-6,14H,1-4H2,(H,16,17)(H4,11,12,13)/t5-,6?/m0/s1. The molecular weight excluding hydrogens is 256 g/mol. The zero-order chi connectivity index (χ0) is 14.4. The number of cyclic esters (lactones) is 2. The van der Waals surface area contributed by atoms with Crippen molar-refractivity contribution in [2.45, 2.75) is 31.3 Å². The number of nitrogens with zero attached hydrogens (tertiary/aromatic N) is 1. The highest BCUT2D eigenvalue weighted by Gasteiger charge is 2.36. The summed E-state index contributed by atoms with van der Waals surface area (Å²) < 4.78 is 4.32. The van der Waals surface area contributed by atoms with E-state index in [9.17, 15) is 14.4 Å². The molecule has 0 aliphatic carbocycles. The zero-order valence-electron chi connectivity index (χ0n) is 10.2. The molecule has 1 aliphatic heterocycles. The second-order valence-corrected chi connectivity index (χ2v) is 4.06. The fraction of sp³-hybridized carbons (Fsp3) is 0.600. The Kier molecular flexibility index (Phi) is 5.24. The largest absolute Gasteiger partial charge is 0.480 e. The molecule has 0 spiro atoms. The van der Waals surface area contributed by atoms with Gasteiger partial charge in [0.05, 0.1) is 6.42 Å². The summed E-state index contributed by atoms with van der Waals surface area (Å²) in [4.78, 5) is 36.8. The summed E-state index contributed by atoms with van der Waals surface area (Å²) in [7, 11) is 0. The van der Waals surface area contributed by atoms with Gasteiger partial charge in [-0.15, -0.1) is 0 Å². The number of guanidine groups is 1. The van der Waals surface area contributed by atoms with E-state index in [-0.39, 0.29) is 18.8 Å². The summed E-state index contributed by atoms with van der Waals surface area (Å²) in [5.74, 6) is -2.59. The second kappa shape index (κ2) is 6.69. The Morgan fingerprint density at radius 1 is 1.53 bits per heavy atom. The van der Waals surface area contributed by atoms with Crippen molar-refractivity contribution in [1.82, 2.24) is 5.32 Å². The van der Waals surface area contributed by atoms with Crippen LogP contribution in [0.25, 0.3) is 0 Å². The van der Waals surface area contributed by atoms with Crippen molar-refractivity contribution in [3.05, 3.63) is 0 Å². The molecule has 0 aromatic carbocycles. The molecule has 1 rings (SSSR count). The monoisotopic (exact) mass is 272 g/mol. The van der Waals surface area contributed by atoms with Gasteiger partial charge in [0.25, 0.3) is 0 Å². The molecule has 9 heteroatoms. The van der Waals surface area contributed by atoms with E-state index < -0.39 is 30.0 Å². The number of rotatable bonds is 7. The summed E-state index contributed by atoms with van der Waals surface area (Å²) in [5.41, 5.74) is 10.3. The fourth-order valence-corrected chi connectivity index (χ4v) is 1.63. The summed E-state index contributed by atoms with van der Waals surface area (Å²) >= 11 is 0. The molecule has 0 amide bonds. The molecule has 1 heterocycles. The number of aliphatic carboxylic acids is 1. The molecule has 0 aromatic rings. The maximum Gasteiger partial charge on any atom is 0.331 e. The molecule has 0 aromatic heterocycles. The van der Waals surface area contributed by atoms with Crippen LogP contribution >= 0.6 is 0 Å². The highest BCUT2D eigenvalue weighted by atomic mass is 16.6. The number of ether oxygens (including phenoxy) is 1. The van der Waals surface area contributed by atoms with Gasteiger partial charge in [0.15, 0.2) is 5.96 Å². The normalized spacial score (nSPS) is 19.9. The maximum atomic E-state index is 11.2. The first-order valence-corrected chi connectivity index (χ1v) is 5.69. The average molecular weight is 272 g/mol. The Labute approximate surface area is 109 Å². The highest BCUT2D eigenvalue weighted by molar-refractivity contribution is 5.97. The van der Waals surface area contributed by atoms with Crippen LogP contribution in [0.3, 0.4) is 0 Å². The summed E-state index contributed by atoms with van der Waals surface area (Å²) in [6.45, 7) is 0.293. The maximum absolute atomic E-state index is 11.2. The van der Waals surface area contributed by atoms with Crippen LogP contribution in [0.5, 0.6) is 0 Å². The minimum atomic E-state index is -1.11. The number of nitrogens with one attached hydrogen (secondary N) is 1. The number of aliphatic imine (C=N–C) groups is 1. The summed E-state index contributed by atoms with van der Waals surface area (Å²) in [6.07, 6.45) is 0.498. The number of hydrogen-bond acceptors (Lipinski definition) is 6. The lowest BCUT2D eigenvalue weighted by Gasteiger charge is -2.16. The molecule has 1 saturated heterocycles. The van der Waals surface area contributed by atoms with Gasteiger partial charge < -0.3 is 21.3 Å². The van der Waals surface area contributed by atoms with Crippen molar-refractivity contribution in [1.29, 1.82) is 0 Å². The molecule has 1 fully saturated rings. The van der Waals surface area contributed by atoms with Crippen LogP contribution < -0.4 is 16.8 Å². The fourth-order valence-electron chi connectivity index (χ4n) is 1.63. The molecule has 1 aliphatic rings. The number of nitrogens with two attached hydrogens (primary N) is 2. The topological polar surface area (TPSA) is 157 Å². The Morgan fingerprint density at radius 2 is 2.21 bits per heavy atom. The highest BCUT2D eigenvalue weighted by Crippen LogP contribution is 2.10. The van der Waals surface area contributed by atoms with Crippen LogP contribution in [0.15, 0.2) is 4.99 Å². The minimum Gasteiger partial charge on any atom is -0.480 e. The first-order valence-electron chi connectivity index (χ1n) is 5.69. The van der Waals surface area contributed by atoms with E-state index in [0.717, 1.165) is 0 Å². The molecule has 2 atom stereocenters. The zero-order valence-corrected chi connectivity index (χ0v) is 10.2. The van der Waals surface area contributed by atoms with Crippen molar-refractivity contribution in [3.8, 4) is 0 Å². The van der Waals surface area contributed by atoms with Crippen molar-refractivity contribution in [2.24, 2.45) is 16.5 Å². The molecule has 0 saturated carbocycles. The quantitative estimate of drug-likeness (QED) is 0.135. The lowest BCUT2D eigenvalue weighted by Crippen LogP contribution is -2.45. The van der Waals surface area contributed by atoms with Crippen molar-refractivity contribution in [3.63, 3.8) is 0 Å². The van der Waals surface area contributed by atoms with Gasteiger partial charge in [-0.25, -0.2) is 4.79 Å². The number of carbonyl (C=O) groups excluding carboxylic acids is 2. The first-order chi connectivity index (χ1) is 8.90. The molecule has 6 N–H and O–H groups in total. The van der Waals surface area contributed by atoms with Gasteiger partial charge in [0.2, 0.25) is 0 Å². The van der Waals surface area contributed by atoms with E-state index in [1.54, 1.807) is 0 Å². The van der Waals surface area contributed by atoms with Crippen LogP contribution in [-0.2, 0) is 19.1 Å². The third kappa shape index (κ3) is 4.92. The number of hydrogen-bond donors (Lipinski definition) is 4. The van der Waals surface area contributed by atoms with Gasteiger partial charge >= 0.3 is 17.9 Å². The van der Waals surface area contributed by atoms with Crippen LogP contribution in [0.2, 0.25) is 0 Å². The summed E-state index contributed by atoms with van der Waals surface area (Å²) in [6, 6.07) is -1.87. The van der Waals surface area contributed by atoms with Crippen molar-refractivity contribution >= 4 is 23.9 Å². The predicted octanol–water partition coefficient (Wildman–Crippen LogP) is -2.08. The Hall–Kier alpha value is -2.16. The number of esters is 2. The molecule has 9 nitrogen and oxygen atoms in total. The van der Waals surface area contributed by atoms with Gasteiger partial charge in [-0.05, 0) is 12.8 Å². The van der Waals surface area contributed by atoms with Crippen molar-refractivity contribution < 1.29 is 24.2 Å². The van der Waals surface area contributed by atoms with Gasteiger partial charge in [-0.1, -0.05) is 0 Å². The molecular formula is C10H16N4O5. The van der Waals surface area contributed by atoms with Crippen LogP contribution in [0, 0.1) is 0 Å². The number of carboxylic acid groups (broad SMARTS) is 1. The van der Waals surface area contributed by atoms with Crippen LogP contribution in [-0.4, -0.2) is 47.6 Å². The van der Waals surface area contributed by atoms with Gasteiger partial charge in [0.1, 0.15) is 12.1 Å². The minimum absolute atomic E-state index is 0.0650. The predicted molar refractivity (Wildman–Crippen MR) is 64.0 cm³/mol. The second-order valence-electron chi connectivity index (χ2n) is 4.06. The number of carboxylic acids is 1. The Morgan fingerprint density at radius 3 is 2.68 bits per heavy atom. The lowest BCUT2D eigenvalue weighted by molar-refractivity contribution is -0.152. The van der Waals surface area contributed by atoms with Crippen molar-refractivity contribution in [2.75, 3.05) is 6.54 Å².